The van der Waals surface area contributed by atoms with Crippen molar-refractivity contribution in [1.29, 1.82) is 0 Å². The number of hydrogen-bond acceptors (Lipinski definition) is 2. The van der Waals surface area contributed by atoms with Crippen LogP contribution in [0.4, 0.5) is 0 Å². The van der Waals surface area contributed by atoms with Crippen LogP contribution in [0, 0.1) is 17.8 Å². The monoisotopic (exact) mass is 234 g/mol. The molecule has 3 aliphatic rings. The van der Waals surface area contributed by atoms with Crippen LogP contribution in [-0.4, -0.2) is 49.1 Å². The molecule has 0 N–H and O–H groups in total. The van der Waals surface area contributed by atoms with Crippen LogP contribution >= 0.6 is 0 Å². The van der Waals surface area contributed by atoms with Crippen molar-refractivity contribution in [3.63, 3.8) is 0 Å². The minimum absolute atomic E-state index is 0.627. The van der Waals surface area contributed by atoms with Crippen LogP contribution in [-0.2, 0) is 0 Å². The first-order valence-electron chi connectivity index (χ1n) is 7.31. The van der Waals surface area contributed by atoms with Crippen molar-refractivity contribution < 1.29 is 0 Å². The predicted octanol–water partition coefficient (Wildman–Crippen LogP) is 2.22. The molecule has 2 aliphatic heterocycles. The minimum Gasteiger partial charge on any atom is -0.302 e. The molecule has 2 saturated heterocycles. The molecule has 0 aromatic carbocycles. The molecule has 3 fully saturated rings. The summed E-state index contributed by atoms with van der Waals surface area (Å²) in [5.41, 5.74) is 0. The number of hydrogen-bond donors (Lipinski definition) is 0. The highest BCUT2D eigenvalue weighted by Gasteiger charge is 2.37. The fraction of sp³-hybridized carbons (Fsp3) is 0.867. The first kappa shape index (κ1) is 11.7. The molecule has 96 valence electrons. The molecule has 2 heterocycles. The molecule has 0 amide bonds. The van der Waals surface area contributed by atoms with E-state index < -0.39 is 0 Å². The molecule has 4 unspecified atom stereocenters. The summed E-state index contributed by atoms with van der Waals surface area (Å²) in [7, 11) is 2.24. The van der Waals surface area contributed by atoms with Crippen LogP contribution in [0.5, 0.6) is 0 Å². The lowest BCUT2D eigenvalue weighted by molar-refractivity contribution is 0.257. The Labute approximate surface area is 106 Å². The molecular formula is C15H26N2. The standard InChI is InChI=1S/C15H26N2/c1-3-15-7-12(8-16(15)2)9-17-10-13-5-4-6-14(13)11-17/h3,12-15H,1,4-11H2,2H3. The molecule has 1 aliphatic carbocycles. The Balaban J connectivity index is 1.50. The molecule has 0 aromatic rings. The third-order valence-corrected chi connectivity index (χ3v) is 5.28. The zero-order chi connectivity index (χ0) is 11.8. The van der Waals surface area contributed by atoms with Crippen molar-refractivity contribution in [2.24, 2.45) is 17.8 Å². The summed E-state index contributed by atoms with van der Waals surface area (Å²) in [6, 6.07) is 0.627. The van der Waals surface area contributed by atoms with E-state index in [-0.39, 0.29) is 0 Å². The summed E-state index contributed by atoms with van der Waals surface area (Å²) >= 11 is 0. The summed E-state index contributed by atoms with van der Waals surface area (Å²) in [6.07, 6.45) is 7.94. The van der Waals surface area contributed by atoms with Crippen LogP contribution in [0.3, 0.4) is 0 Å². The lowest BCUT2D eigenvalue weighted by Gasteiger charge is -2.20. The number of nitrogens with zero attached hydrogens (tertiary/aromatic N) is 2. The van der Waals surface area contributed by atoms with Gasteiger partial charge in [-0.15, -0.1) is 6.58 Å². The fourth-order valence-corrected chi connectivity index (χ4v) is 4.39. The van der Waals surface area contributed by atoms with Gasteiger partial charge in [-0.2, -0.15) is 0 Å². The van der Waals surface area contributed by atoms with Crippen molar-refractivity contribution in [3.8, 4) is 0 Å². The lowest BCUT2D eigenvalue weighted by Crippen LogP contribution is -2.29. The van der Waals surface area contributed by atoms with E-state index in [9.17, 15) is 0 Å². The van der Waals surface area contributed by atoms with Gasteiger partial charge >= 0.3 is 0 Å². The van der Waals surface area contributed by atoms with Gasteiger partial charge in [0, 0.05) is 32.2 Å². The first-order valence-corrected chi connectivity index (χ1v) is 7.31. The normalized spacial score (nSPS) is 43.1. The van der Waals surface area contributed by atoms with E-state index in [0.29, 0.717) is 6.04 Å². The second-order valence-electron chi connectivity index (χ2n) is 6.51. The zero-order valence-electron chi connectivity index (χ0n) is 11.1. The lowest BCUT2D eigenvalue weighted by atomic mass is 10.0. The van der Waals surface area contributed by atoms with Gasteiger partial charge in [-0.1, -0.05) is 12.5 Å². The van der Waals surface area contributed by atoms with Gasteiger partial charge in [-0.25, -0.2) is 0 Å². The summed E-state index contributed by atoms with van der Waals surface area (Å²) in [4.78, 5) is 5.22. The van der Waals surface area contributed by atoms with Crippen molar-refractivity contribution in [1.82, 2.24) is 9.80 Å². The molecular weight excluding hydrogens is 208 g/mol. The summed E-state index contributed by atoms with van der Waals surface area (Å²) in [6.45, 7) is 9.34. The van der Waals surface area contributed by atoms with E-state index in [2.05, 4.69) is 29.5 Å². The van der Waals surface area contributed by atoms with Gasteiger partial charge in [-0.05, 0) is 44.1 Å². The second-order valence-corrected chi connectivity index (χ2v) is 6.51. The number of likely N-dealkylation sites (N-methyl/N-ethyl adjacent to an activating group) is 1. The predicted molar refractivity (Wildman–Crippen MR) is 72.0 cm³/mol. The highest BCUT2D eigenvalue weighted by atomic mass is 15.2. The van der Waals surface area contributed by atoms with Gasteiger partial charge in [0.1, 0.15) is 0 Å². The van der Waals surface area contributed by atoms with Gasteiger partial charge in [0.15, 0.2) is 0 Å². The van der Waals surface area contributed by atoms with E-state index >= 15 is 0 Å². The maximum atomic E-state index is 3.95. The van der Waals surface area contributed by atoms with Gasteiger partial charge in [0.25, 0.3) is 0 Å². The number of rotatable bonds is 3. The molecule has 3 rings (SSSR count). The maximum absolute atomic E-state index is 3.95. The number of likely N-dealkylation sites (tertiary alicyclic amines) is 2. The highest BCUT2D eigenvalue weighted by Crippen LogP contribution is 2.38. The van der Waals surface area contributed by atoms with Crippen molar-refractivity contribution in [2.45, 2.75) is 31.7 Å². The third kappa shape index (κ3) is 2.30. The molecule has 1 saturated carbocycles. The van der Waals surface area contributed by atoms with Crippen LogP contribution in [0.1, 0.15) is 25.7 Å². The highest BCUT2D eigenvalue weighted by molar-refractivity contribution is 4.96. The van der Waals surface area contributed by atoms with Gasteiger partial charge in [-0.3, -0.25) is 4.90 Å². The van der Waals surface area contributed by atoms with E-state index in [1.165, 1.54) is 51.9 Å². The number of fused-ring (bicyclic) bond motifs is 1. The van der Waals surface area contributed by atoms with Crippen molar-refractivity contribution >= 4 is 0 Å². The maximum Gasteiger partial charge on any atom is 0.0276 e. The van der Waals surface area contributed by atoms with Crippen LogP contribution in [0.2, 0.25) is 0 Å². The molecule has 0 aromatic heterocycles. The van der Waals surface area contributed by atoms with Crippen LogP contribution in [0.15, 0.2) is 12.7 Å². The van der Waals surface area contributed by atoms with Crippen LogP contribution in [0.25, 0.3) is 0 Å². The molecule has 2 nitrogen and oxygen atoms in total. The molecule has 4 atom stereocenters. The Morgan fingerprint density at radius 2 is 1.88 bits per heavy atom. The van der Waals surface area contributed by atoms with Crippen molar-refractivity contribution in [3.05, 3.63) is 12.7 Å². The van der Waals surface area contributed by atoms with E-state index in [1.807, 2.05) is 0 Å². The molecule has 0 bridgehead atoms. The largest absolute Gasteiger partial charge is 0.302 e. The van der Waals surface area contributed by atoms with E-state index in [0.717, 1.165) is 17.8 Å². The van der Waals surface area contributed by atoms with Gasteiger partial charge in [0.2, 0.25) is 0 Å². The Kier molecular flexibility index (Phi) is 3.27. The minimum atomic E-state index is 0.627. The van der Waals surface area contributed by atoms with Crippen LogP contribution < -0.4 is 0 Å². The summed E-state index contributed by atoms with van der Waals surface area (Å²) in [5, 5.41) is 0. The fourth-order valence-electron chi connectivity index (χ4n) is 4.39. The quantitative estimate of drug-likeness (QED) is 0.691. The van der Waals surface area contributed by atoms with Crippen molar-refractivity contribution in [2.75, 3.05) is 33.2 Å². The summed E-state index contributed by atoms with van der Waals surface area (Å²) in [5.74, 6) is 2.97. The Morgan fingerprint density at radius 3 is 2.47 bits per heavy atom. The molecule has 17 heavy (non-hydrogen) atoms. The SMILES string of the molecule is C=CC1CC(CN2CC3CCCC3C2)CN1C. The smallest absolute Gasteiger partial charge is 0.0276 e. The first-order chi connectivity index (χ1) is 8.26. The zero-order valence-corrected chi connectivity index (χ0v) is 11.1. The van der Waals surface area contributed by atoms with E-state index in [4.69, 9.17) is 0 Å². The van der Waals surface area contributed by atoms with Gasteiger partial charge < -0.3 is 4.90 Å². The van der Waals surface area contributed by atoms with E-state index in [1.54, 1.807) is 0 Å². The average Bonchev–Trinajstić information content (AvgIpc) is 2.93. The molecule has 0 spiro atoms. The molecule has 2 heteroatoms. The Bertz CT molecular complexity index is 277. The van der Waals surface area contributed by atoms with Gasteiger partial charge in [0.05, 0.1) is 0 Å². The second kappa shape index (κ2) is 4.74. The third-order valence-electron chi connectivity index (χ3n) is 5.28. The topological polar surface area (TPSA) is 6.48 Å². The summed E-state index contributed by atoms with van der Waals surface area (Å²) < 4.78 is 0. The average molecular weight is 234 g/mol. The molecule has 0 radical (unpaired) electrons. The Morgan fingerprint density at radius 1 is 1.18 bits per heavy atom. The Hall–Kier alpha value is -0.340.